The molecule has 0 radical (unpaired) electrons. The molecule has 3 aliphatic rings. The number of likely N-dealkylation sites (tertiary alicyclic amines) is 1. The van der Waals surface area contributed by atoms with Gasteiger partial charge in [0, 0.05) is 45.4 Å². The Bertz CT molecular complexity index is 406. The van der Waals surface area contributed by atoms with Crippen LogP contribution in [0.25, 0.3) is 0 Å². The van der Waals surface area contributed by atoms with Crippen LogP contribution >= 0.6 is 0 Å². The highest BCUT2D eigenvalue weighted by Crippen LogP contribution is 2.36. The quantitative estimate of drug-likeness (QED) is 0.598. The number of rotatable bonds is 5. The lowest BCUT2D eigenvalue weighted by molar-refractivity contribution is -0.00164. The van der Waals surface area contributed by atoms with Crippen molar-refractivity contribution in [3.05, 3.63) is 0 Å². The second-order valence-electron chi connectivity index (χ2n) is 7.91. The third-order valence-corrected chi connectivity index (χ3v) is 6.48. The molecule has 0 atom stereocenters. The molecule has 1 heterocycles. The molecule has 0 spiro atoms. The number of nitrogens with one attached hydrogen (secondary N) is 2. The zero-order valence-electron chi connectivity index (χ0n) is 15.6. The average molecular weight is 337 g/mol. The lowest BCUT2D eigenvalue weighted by atomic mass is 9.91. The molecule has 0 aromatic heterocycles. The summed E-state index contributed by atoms with van der Waals surface area (Å²) in [5.74, 6) is 1.000. The molecule has 3 fully saturated rings. The molecule has 1 aliphatic heterocycles. The van der Waals surface area contributed by atoms with Crippen molar-refractivity contribution in [2.75, 3.05) is 33.8 Å². The van der Waals surface area contributed by atoms with Gasteiger partial charge in [-0.05, 0) is 38.5 Å². The fraction of sp³-hybridized carbons (Fsp3) is 0.947. The number of guanidine groups is 1. The normalized spacial score (nSPS) is 26.8. The van der Waals surface area contributed by atoms with Gasteiger partial charge in [-0.3, -0.25) is 9.89 Å². The minimum absolute atomic E-state index is 0.325. The molecule has 2 N–H and O–H groups in total. The molecule has 138 valence electrons. The summed E-state index contributed by atoms with van der Waals surface area (Å²) in [6, 6.07) is 0.619. The molecule has 5 nitrogen and oxygen atoms in total. The van der Waals surface area contributed by atoms with Crippen LogP contribution in [0.4, 0.5) is 0 Å². The first kappa shape index (κ1) is 18.0. The second-order valence-corrected chi connectivity index (χ2v) is 7.91. The lowest BCUT2D eigenvalue weighted by Gasteiger charge is -2.45. The topological polar surface area (TPSA) is 48.9 Å². The molecule has 2 saturated carbocycles. The summed E-state index contributed by atoms with van der Waals surface area (Å²) in [5.41, 5.74) is 0.325. The average Bonchev–Trinajstić information content (AvgIpc) is 3.31. The van der Waals surface area contributed by atoms with Crippen LogP contribution in [-0.4, -0.2) is 62.3 Å². The van der Waals surface area contributed by atoms with E-state index in [1.54, 1.807) is 0 Å². The third kappa shape index (κ3) is 4.23. The SMILES string of the molecule is CN=C(NCC1(N2CCC(OC)CC2)CCCC1)NC1CCCC1. The van der Waals surface area contributed by atoms with Gasteiger partial charge in [0.25, 0.3) is 0 Å². The van der Waals surface area contributed by atoms with Gasteiger partial charge in [0.05, 0.1) is 6.10 Å². The number of ether oxygens (including phenoxy) is 1. The minimum atomic E-state index is 0.325. The van der Waals surface area contributed by atoms with Crippen molar-refractivity contribution in [1.29, 1.82) is 0 Å². The van der Waals surface area contributed by atoms with Gasteiger partial charge >= 0.3 is 0 Å². The molecule has 3 rings (SSSR count). The Kier molecular flexibility index (Phi) is 6.39. The van der Waals surface area contributed by atoms with Gasteiger partial charge in [-0.1, -0.05) is 25.7 Å². The van der Waals surface area contributed by atoms with Crippen LogP contribution in [0.3, 0.4) is 0 Å². The predicted octanol–water partition coefficient (Wildman–Crippen LogP) is 2.52. The molecule has 0 aromatic rings. The summed E-state index contributed by atoms with van der Waals surface area (Å²) in [6.07, 6.45) is 13.5. The Labute approximate surface area is 147 Å². The monoisotopic (exact) mass is 336 g/mol. The number of aliphatic imine (C=N–C) groups is 1. The van der Waals surface area contributed by atoms with E-state index in [0.717, 1.165) is 12.5 Å². The standard InChI is InChI=1S/C19H36N4O/c1-20-18(22-16-7-3-4-8-16)21-15-19(11-5-6-12-19)23-13-9-17(24-2)10-14-23/h16-17H,3-15H2,1-2H3,(H2,20,21,22). The molecule has 1 saturated heterocycles. The van der Waals surface area contributed by atoms with E-state index in [2.05, 4.69) is 20.5 Å². The summed E-state index contributed by atoms with van der Waals surface area (Å²) < 4.78 is 5.55. The molecule has 0 unspecified atom stereocenters. The summed E-state index contributed by atoms with van der Waals surface area (Å²) in [7, 11) is 3.75. The van der Waals surface area contributed by atoms with Crippen molar-refractivity contribution in [1.82, 2.24) is 15.5 Å². The van der Waals surface area contributed by atoms with E-state index in [9.17, 15) is 0 Å². The van der Waals surface area contributed by atoms with Gasteiger partial charge in [0.2, 0.25) is 0 Å². The summed E-state index contributed by atoms with van der Waals surface area (Å²) in [4.78, 5) is 7.21. The number of methoxy groups -OCH3 is 1. The number of piperidine rings is 1. The fourth-order valence-electron chi connectivity index (χ4n) is 4.91. The van der Waals surface area contributed by atoms with Crippen LogP contribution in [0.2, 0.25) is 0 Å². The highest BCUT2D eigenvalue weighted by Gasteiger charge is 2.41. The maximum absolute atomic E-state index is 5.55. The van der Waals surface area contributed by atoms with Crippen LogP contribution in [0.5, 0.6) is 0 Å². The van der Waals surface area contributed by atoms with Crippen LogP contribution in [0.15, 0.2) is 4.99 Å². The van der Waals surface area contributed by atoms with E-state index < -0.39 is 0 Å². The van der Waals surface area contributed by atoms with Crippen molar-refractivity contribution in [2.45, 2.75) is 81.9 Å². The molecular weight excluding hydrogens is 300 g/mol. The van der Waals surface area contributed by atoms with Gasteiger partial charge in [0.1, 0.15) is 0 Å². The molecule has 24 heavy (non-hydrogen) atoms. The van der Waals surface area contributed by atoms with E-state index in [-0.39, 0.29) is 0 Å². The second kappa shape index (κ2) is 8.52. The third-order valence-electron chi connectivity index (χ3n) is 6.48. The van der Waals surface area contributed by atoms with Crippen LogP contribution < -0.4 is 10.6 Å². The number of hydrogen-bond acceptors (Lipinski definition) is 3. The number of hydrogen-bond donors (Lipinski definition) is 2. The van der Waals surface area contributed by atoms with Crippen molar-refractivity contribution >= 4 is 5.96 Å². The minimum Gasteiger partial charge on any atom is -0.381 e. The van der Waals surface area contributed by atoms with Crippen molar-refractivity contribution < 1.29 is 4.74 Å². The first-order chi connectivity index (χ1) is 11.8. The Hall–Kier alpha value is -0.810. The van der Waals surface area contributed by atoms with Crippen LogP contribution in [-0.2, 0) is 4.74 Å². The summed E-state index contributed by atoms with van der Waals surface area (Å²) in [5, 5.41) is 7.29. The van der Waals surface area contributed by atoms with Gasteiger partial charge in [-0.25, -0.2) is 0 Å². The van der Waals surface area contributed by atoms with E-state index in [4.69, 9.17) is 4.74 Å². The van der Waals surface area contributed by atoms with E-state index >= 15 is 0 Å². The van der Waals surface area contributed by atoms with Gasteiger partial charge < -0.3 is 15.4 Å². The molecular formula is C19H36N4O. The Balaban J connectivity index is 1.55. The summed E-state index contributed by atoms with van der Waals surface area (Å²) >= 11 is 0. The maximum atomic E-state index is 5.55. The highest BCUT2D eigenvalue weighted by atomic mass is 16.5. The molecule has 2 aliphatic carbocycles. The number of nitrogens with zero attached hydrogens (tertiary/aromatic N) is 2. The van der Waals surface area contributed by atoms with Crippen molar-refractivity contribution in [3.63, 3.8) is 0 Å². The summed E-state index contributed by atoms with van der Waals surface area (Å²) in [6.45, 7) is 3.38. The largest absolute Gasteiger partial charge is 0.381 e. The van der Waals surface area contributed by atoms with Crippen molar-refractivity contribution in [2.24, 2.45) is 4.99 Å². The van der Waals surface area contributed by atoms with Gasteiger partial charge in [-0.15, -0.1) is 0 Å². The highest BCUT2D eigenvalue weighted by molar-refractivity contribution is 5.80. The van der Waals surface area contributed by atoms with Gasteiger partial charge in [-0.2, -0.15) is 0 Å². The van der Waals surface area contributed by atoms with E-state index in [1.165, 1.54) is 77.3 Å². The molecule has 0 amide bonds. The van der Waals surface area contributed by atoms with Gasteiger partial charge in [0.15, 0.2) is 5.96 Å². The fourth-order valence-corrected chi connectivity index (χ4v) is 4.91. The zero-order chi connectivity index (χ0) is 16.8. The maximum Gasteiger partial charge on any atom is 0.191 e. The first-order valence-corrected chi connectivity index (χ1v) is 10.0. The first-order valence-electron chi connectivity index (χ1n) is 10.0. The Morgan fingerprint density at radius 1 is 1.08 bits per heavy atom. The van der Waals surface area contributed by atoms with E-state index in [0.29, 0.717) is 17.7 Å². The van der Waals surface area contributed by atoms with E-state index in [1.807, 2.05) is 14.2 Å². The molecule has 0 bridgehead atoms. The Morgan fingerprint density at radius 3 is 2.33 bits per heavy atom. The molecule has 0 aromatic carbocycles. The predicted molar refractivity (Wildman–Crippen MR) is 99.6 cm³/mol. The Morgan fingerprint density at radius 2 is 1.75 bits per heavy atom. The zero-order valence-corrected chi connectivity index (χ0v) is 15.6. The van der Waals surface area contributed by atoms with Crippen LogP contribution in [0, 0.1) is 0 Å². The van der Waals surface area contributed by atoms with Crippen LogP contribution in [0.1, 0.15) is 64.2 Å². The smallest absolute Gasteiger partial charge is 0.191 e. The van der Waals surface area contributed by atoms with Crippen molar-refractivity contribution in [3.8, 4) is 0 Å². The lowest BCUT2D eigenvalue weighted by Crippen LogP contribution is -2.58. The molecule has 5 heteroatoms.